The lowest BCUT2D eigenvalue weighted by Crippen LogP contribution is -2.48. The van der Waals surface area contributed by atoms with Gasteiger partial charge >= 0.3 is 5.97 Å². The molecule has 0 aromatic heterocycles. The van der Waals surface area contributed by atoms with Crippen molar-refractivity contribution in [2.45, 2.75) is 51.0 Å². The van der Waals surface area contributed by atoms with Crippen molar-refractivity contribution in [2.75, 3.05) is 26.3 Å². The van der Waals surface area contributed by atoms with Crippen LogP contribution in [0.2, 0.25) is 0 Å². The van der Waals surface area contributed by atoms with Gasteiger partial charge in [0.05, 0.1) is 25.7 Å². The fourth-order valence-electron chi connectivity index (χ4n) is 3.53. The normalized spacial score (nSPS) is 25.6. The van der Waals surface area contributed by atoms with E-state index in [1.165, 1.54) is 0 Å². The van der Waals surface area contributed by atoms with Crippen LogP contribution in [0.1, 0.15) is 44.9 Å². The number of ether oxygens (including phenoxy) is 1. The highest BCUT2D eigenvalue weighted by Gasteiger charge is 2.38. The van der Waals surface area contributed by atoms with E-state index in [1.54, 1.807) is 4.90 Å². The van der Waals surface area contributed by atoms with Crippen molar-refractivity contribution in [3.05, 3.63) is 0 Å². The van der Waals surface area contributed by atoms with Crippen LogP contribution in [-0.2, 0) is 14.3 Å². The van der Waals surface area contributed by atoms with Crippen molar-refractivity contribution in [1.82, 2.24) is 4.90 Å². The van der Waals surface area contributed by atoms with Gasteiger partial charge in [0, 0.05) is 19.5 Å². The Morgan fingerprint density at radius 2 is 1.90 bits per heavy atom. The number of carboxylic acids is 1. The Morgan fingerprint density at radius 3 is 2.52 bits per heavy atom. The van der Waals surface area contributed by atoms with Crippen molar-refractivity contribution in [1.29, 1.82) is 0 Å². The molecule has 0 bridgehead atoms. The minimum absolute atomic E-state index is 0.0000926. The molecule has 1 aliphatic heterocycles. The lowest BCUT2D eigenvalue weighted by atomic mass is 9.69. The van der Waals surface area contributed by atoms with Gasteiger partial charge in [0.25, 0.3) is 0 Å². The summed E-state index contributed by atoms with van der Waals surface area (Å²) in [4.78, 5) is 25.4. The van der Waals surface area contributed by atoms with Gasteiger partial charge in [-0.25, -0.2) is 0 Å². The second-order valence-corrected chi connectivity index (χ2v) is 6.32. The highest BCUT2D eigenvalue weighted by Crippen LogP contribution is 2.42. The zero-order valence-corrected chi connectivity index (χ0v) is 12.4. The van der Waals surface area contributed by atoms with Crippen LogP contribution < -0.4 is 0 Å². The fraction of sp³-hybridized carbons (Fsp3) is 0.867. The third kappa shape index (κ3) is 4.41. The van der Waals surface area contributed by atoms with Crippen LogP contribution in [-0.4, -0.2) is 59.4 Å². The van der Waals surface area contributed by atoms with E-state index in [4.69, 9.17) is 14.9 Å². The molecule has 6 nitrogen and oxygen atoms in total. The van der Waals surface area contributed by atoms with Gasteiger partial charge in [-0.2, -0.15) is 0 Å². The quantitative estimate of drug-likeness (QED) is 0.791. The summed E-state index contributed by atoms with van der Waals surface area (Å²) in [5.41, 5.74) is -0.381. The summed E-state index contributed by atoms with van der Waals surface area (Å²) in [7, 11) is 0. The average Bonchev–Trinajstić information content (AvgIpc) is 2.47. The van der Waals surface area contributed by atoms with Crippen LogP contribution in [0.15, 0.2) is 0 Å². The highest BCUT2D eigenvalue weighted by molar-refractivity contribution is 5.78. The first-order chi connectivity index (χ1) is 10.0. The van der Waals surface area contributed by atoms with Gasteiger partial charge in [0.1, 0.15) is 0 Å². The Morgan fingerprint density at radius 1 is 1.19 bits per heavy atom. The van der Waals surface area contributed by atoms with Crippen LogP contribution in [0.25, 0.3) is 0 Å². The van der Waals surface area contributed by atoms with E-state index in [0.717, 1.165) is 32.1 Å². The topological polar surface area (TPSA) is 87.1 Å². The van der Waals surface area contributed by atoms with Gasteiger partial charge in [-0.05, 0) is 18.3 Å². The van der Waals surface area contributed by atoms with Crippen LogP contribution in [0.5, 0.6) is 0 Å². The summed E-state index contributed by atoms with van der Waals surface area (Å²) < 4.78 is 5.35. The summed E-state index contributed by atoms with van der Waals surface area (Å²) >= 11 is 0. The Bertz CT molecular complexity index is 378. The fourth-order valence-corrected chi connectivity index (χ4v) is 3.53. The third-order valence-corrected chi connectivity index (χ3v) is 4.66. The first kappa shape index (κ1) is 16.2. The van der Waals surface area contributed by atoms with Gasteiger partial charge in [-0.15, -0.1) is 0 Å². The summed E-state index contributed by atoms with van der Waals surface area (Å²) in [5, 5.41) is 18.3. The maximum atomic E-state index is 12.5. The van der Waals surface area contributed by atoms with Gasteiger partial charge in [-0.3, -0.25) is 9.59 Å². The van der Waals surface area contributed by atoms with E-state index in [0.29, 0.717) is 26.1 Å². The summed E-state index contributed by atoms with van der Waals surface area (Å²) in [6, 6.07) is 0. The van der Waals surface area contributed by atoms with Crippen LogP contribution in [0.4, 0.5) is 0 Å². The predicted octanol–water partition coefficient (Wildman–Crippen LogP) is 1.02. The monoisotopic (exact) mass is 299 g/mol. The molecule has 2 rings (SSSR count). The molecular weight excluding hydrogens is 274 g/mol. The van der Waals surface area contributed by atoms with E-state index < -0.39 is 5.97 Å². The predicted molar refractivity (Wildman–Crippen MR) is 75.8 cm³/mol. The Hall–Kier alpha value is -1.14. The highest BCUT2D eigenvalue weighted by atomic mass is 16.5. The molecule has 1 saturated heterocycles. The number of carbonyl (C=O) groups is 2. The standard InChI is InChI=1S/C15H25NO5/c17-11-12-10-16(6-7-21-12)13(18)8-15(9-14(19)20)4-2-1-3-5-15/h12,17H,1-11H2,(H,19,20). The van der Waals surface area contributed by atoms with Crippen molar-refractivity contribution < 1.29 is 24.5 Å². The largest absolute Gasteiger partial charge is 0.481 e. The van der Waals surface area contributed by atoms with Crippen LogP contribution >= 0.6 is 0 Å². The molecule has 1 amide bonds. The first-order valence-corrected chi connectivity index (χ1v) is 7.77. The second kappa shape index (κ2) is 7.22. The Balaban J connectivity index is 1.98. The van der Waals surface area contributed by atoms with Crippen molar-refractivity contribution in [2.24, 2.45) is 5.41 Å². The van der Waals surface area contributed by atoms with Crippen LogP contribution in [0.3, 0.4) is 0 Å². The summed E-state index contributed by atoms with van der Waals surface area (Å²) in [6.07, 6.45) is 4.83. The number of nitrogens with zero attached hydrogens (tertiary/aromatic N) is 1. The minimum atomic E-state index is -0.820. The van der Waals surface area contributed by atoms with Gasteiger partial charge in [-0.1, -0.05) is 19.3 Å². The number of aliphatic carboxylic acids is 1. The molecule has 2 N–H and O–H groups in total. The molecule has 1 unspecified atom stereocenters. The number of hydrogen-bond donors (Lipinski definition) is 2. The number of morpholine rings is 1. The molecule has 0 radical (unpaired) electrons. The van der Waals surface area contributed by atoms with Gasteiger partial charge in [0.2, 0.25) is 5.91 Å². The Kier molecular flexibility index (Phi) is 5.58. The van der Waals surface area contributed by atoms with Crippen molar-refractivity contribution >= 4 is 11.9 Å². The molecule has 1 aliphatic carbocycles. The molecule has 6 heteroatoms. The summed E-state index contributed by atoms with van der Waals surface area (Å²) in [5.74, 6) is -0.820. The molecule has 1 saturated carbocycles. The molecule has 2 aliphatic rings. The SMILES string of the molecule is O=C(O)CC1(CC(=O)N2CCOC(CO)C2)CCCCC1. The van der Waals surface area contributed by atoms with E-state index in [1.807, 2.05) is 0 Å². The molecule has 120 valence electrons. The zero-order chi connectivity index (χ0) is 15.3. The first-order valence-electron chi connectivity index (χ1n) is 7.77. The number of rotatable bonds is 5. The number of amides is 1. The van der Waals surface area contributed by atoms with Gasteiger partial charge < -0.3 is 19.8 Å². The molecule has 0 aromatic rings. The third-order valence-electron chi connectivity index (χ3n) is 4.66. The number of hydrogen-bond acceptors (Lipinski definition) is 4. The molecule has 0 aromatic carbocycles. The maximum Gasteiger partial charge on any atom is 0.303 e. The average molecular weight is 299 g/mol. The van der Waals surface area contributed by atoms with Crippen LogP contribution in [0, 0.1) is 5.41 Å². The van der Waals surface area contributed by atoms with E-state index in [2.05, 4.69) is 0 Å². The lowest BCUT2D eigenvalue weighted by molar-refractivity contribution is -0.146. The lowest BCUT2D eigenvalue weighted by Gasteiger charge is -2.39. The number of aliphatic hydroxyl groups excluding tert-OH is 1. The number of carbonyl (C=O) groups excluding carboxylic acids is 1. The smallest absolute Gasteiger partial charge is 0.303 e. The molecule has 0 spiro atoms. The molecule has 1 heterocycles. The number of aliphatic hydroxyl groups is 1. The van der Waals surface area contributed by atoms with E-state index >= 15 is 0 Å². The molecule has 1 atom stereocenters. The van der Waals surface area contributed by atoms with Crippen molar-refractivity contribution in [3.8, 4) is 0 Å². The molecule has 21 heavy (non-hydrogen) atoms. The Labute approximate surface area is 125 Å². The molecular formula is C15H25NO5. The van der Waals surface area contributed by atoms with Gasteiger partial charge in [0.15, 0.2) is 0 Å². The van der Waals surface area contributed by atoms with E-state index in [-0.39, 0.29) is 30.5 Å². The maximum absolute atomic E-state index is 12.5. The van der Waals surface area contributed by atoms with Crippen molar-refractivity contribution in [3.63, 3.8) is 0 Å². The second-order valence-electron chi connectivity index (χ2n) is 6.32. The number of carboxylic acid groups (broad SMARTS) is 1. The zero-order valence-electron chi connectivity index (χ0n) is 12.4. The summed E-state index contributed by atoms with van der Waals surface area (Å²) in [6.45, 7) is 1.27. The van der Waals surface area contributed by atoms with E-state index in [9.17, 15) is 9.59 Å². The minimum Gasteiger partial charge on any atom is -0.481 e. The molecule has 2 fully saturated rings.